The monoisotopic (exact) mass is 321 g/mol. The lowest BCUT2D eigenvalue weighted by Crippen LogP contribution is -1.89. The van der Waals surface area contributed by atoms with Crippen LogP contribution in [0, 0.1) is 13.8 Å². The van der Waals surface area contributed by atoms with E-state index < -0.39 is 0 Å². The van der Waals surface area contributed by atoms with Gasteiger partial charge in [-0.3, -0.25) is 0 Å². The summed E-state index contributed by atoms with van der Waals surface area (Å²) in [5.74, 6) is 0.764. The molecule has 0 amide bonds. The number of fused-ring (bicyclic) bond motifs is 3. The number of thioether (sulfide) groups is 1. The number of halogens is 1. The molecule has 102 valence electrons. The third-order valence-corrected chi connectivity index (χ3v) is 5.19. The second-order valence-corrected chi connectivity index (χ2v) is 6.78. The van der Waals surface area contributed by atoms with Crippen molar-refractivity contribution >= 4 is 55.1 Å². The summed E-state index contributed by atoms with van der Waals surface area (Å²) in [6.45, 7) is 7.78. The van der Waals surface area contributed by atoms with E-state index in [-0.39, 0.29) is 0 Å². The van der Waals surface area contributed by atoms with Gasteiger partial charge in [0.15, 0.2) is 10.3 Å². The van der Waals surface area contributed by atoms with E-state index >= 15 is 0 Å². The molecule has 0 saturated heterocycles. The molecule has 3 nitrogen and oxygen atoms in total. The first-order valence-electron chi connectivity index (χ1n) is 6.08. The van der Waals surface area contributed by atoms with Crippen molar-refractivity contribution in [3.05, 3.63) is 35.1 Å². The first-order chi connectivity index (χ1) is 9.60. The average molecular weight is 322 g/mol. The van der Waals surface area contributed by atoms with Crippen molar-refractivity contribution in [1.82, 2.24) is 15.0 Å². The lowest BCUT2D eigenvalue weighted by atomic mass is 10.1. The zero-order valence-electron chi connectivity index (χ0n) is 11.1. The number of aromatic nitrogens is 3. The number of aryl methyl sites for hydroxylation is 2. The minimum absolute atomic E-state index is 0.501. The van der Waals surface area contributed by atoms with E-state index in [9.17, 15) is 0 Å². The van der Waals surface area contributed by atoms with Crippen LogP contribution in [-0.4, -0.2) is 20.7 Å². The maximum Gasteiger partial charge on any atom is 0.189 e. The Morgan fingerprint density at radius 1 is 1.35 bits per heavy atom. The van der Waals surface area contributed by atoms with Gasteiger partial charge in [0.2, 0.25) is 0 Å². The molecule has 3 aromatic heterocycles. The maximum absolute atomic E-state index is 6.30. The summed E-state index contributed by atoms with van der Waals surface area (Å²) < 4.78 is 0.908. The van der Waals surface area contributed by atoms with Crippen LogP contribution in [0.4, 0.5) is 0 Å². The highest BCUT2D eigenvalue weighted by Gasteiger charge is 2.15. The Morgan fingerprint density at radius 2 is 2.15 bits per heavy atom. The van der Waals surface area contributed by atoms with E-state index in [0.29, 0.717) is 10.3 Å². The Morgan fingerprint density at radius 3 is 2.90 bits per heavy atom. The van der Waals surface area contributed by atoms with Gasteiger partial charge in [-0.25, -0.2) is 15.0 Å². The minimum atomic E-state index is 0.501. The number of rotatable bonds is 3. The van der Waals surface area contributed by atoms with Crippen molar-refractivity contribution in [3.63, 3.8) is 0 Å². The maximum atomic E-state index is 6.30. The van der Waals surface area contributed by atoms with Crippen molar-refractivity contribution < 1.29 is 0 Å². The molecule has 0 unspecified atom stereocenters. The molecule has 0 aromatic carbocycles. The molecule has 0 saturated carbocycles. The van der Waals surface area contributed by atoms with E-state index in [4.69, 9.17) is 11.6 Å². The van der Waals surface area contributed by atoms with E-state index in [1.165, 1.54) is 17.3 Å². The van der Waals surface area contributed by atoms with Crippen LogP contribution in [0.15, 0.2) is 23.9 Å². The molecule has 0 aliphatic carbocycles. The van der Waals surface area contributed by atoms with E-state index in [0.717, 1.165) is 31.9 Å². The number of pyridine rings is 1. The second kappa shape index (κ2) is 5.31. The van der Waals surface area contributed by atoms with Gasteiger partial charge in [0.05, 0.1) is 10.2 Å². The summed E-state index contributed by atoms with van der Waals surface area (Å²) >= 11 is 9.38. The van der Waals surface area contributed by atoms with Crippen molar-refractivity contribution in [2.75, 3.05) is 5.75 Å². The third kappa shape index (κ3) is 2.30. The Kier molecular flexibility index (Phi) is 3.67. The highest BCUT2D eigenvalue weighted by Crippen LogP contribution is 2.37. The first-order valence-corrected chi connectivity index (χ1v) is 8.26. The predicted octanol–water partition coefficient (Wildman–Crippen LogP) is 4.79. The minimum Gasteiger partial charge on any atom is -0.242 e. The number of nitrogens with zero attached hydrogens (tertiary/aromatic N) is 3. The van der Waals surface area contributed by atoms with Gasteiger partial charge < -0.3 is 0 Å². The summed E-state index contributed by atoms with van der Waals surface area (Å²) in [5, 5.41) is 2.27. The standard InChI is InChI=1S/C14H12ClN3S2/c1-4-5-19-14-17-10-9-7(2)6-8(3)16-13(9)20-11(10)12(15)18-14/h4,6H,1,5H2,2-3H3. The van der Waals surface area contributed by atoms with Gasteiger partial charge >= 0.3 is 0 Å². The summed E-state index contributed by atoms with van der Waals surface area (Å²) in [4.78, 5) is 14.5. The van der Waals surface area contributed by atoms with Gasteiger partial charge in [0.1, 0.15) is 4.83 Å². The van der Waals surface area contributed by atoms with Crippen LogP contribution < -0.4 is 0 Å². The molecule has 20 heavy (non-hydrogen) atoms. The van der Waals surface area contributed by atoms with Crippen LogP contribution in [0.3, 0.4) is 0 Å². The molecule has 0 aliphatic heterocycles. The predicted molar refractivity (Wildman–Crippen MR) is 88.1 cm³/mol. The zero-order valence-corrected chi connectivity index (χ0v) is 13.5. The molecule has 6 heteroatoms. The van der Waals surface area contributed by atoms with Gasteiger partial charge in [-0.05, 0) is 25.5 Å². The molecule has 0 atom stereocenters. The summed E-state index contributed by atoms with van der Waals surface area (Å²) in [7, 11) is 0. The fourth-order valence-electron chi connectivity index (χ4n) is 2.12. The lowest BCUT2D eigenvalue weighted by Gasteiger charge is -2.01. The molecule has 3 rings (SSSR count). The molecule has 0 aliphatic rings. The smallest absolute Gasteiger partial charge is 0.189 e. The lowest BCUT2D eigenvalue weighted by molar-refractivity contribution is 1.01. The van der Waals surface area contributed by atoms with E-state index in [2.05, 4.69) is 34.5 Å². The van der Waals surface area contributed by atoms with Gasteiger partial charge in [-0.2, -0.15) is 0 Å². The Bertz CT molecular complexity index is 826. The van der Waals surface area contributed by atoms with Crippen molar-refractivity contribution in [2.24, 2.45) is 0 Å². The summed E-state index contributed by atoms with van der Waals surface area (Å²) in [6.07, 6.45) is 1.83. The van der Waals surface area contributed by atoms with Crippen molar-refractivity contribution in [3.8, 4) is 0 Å². The van der Waals surface area contributed by atoms with Crippen LogP contribution >= 0.6 is 34.7 Å². The van der Waals surface area contributed by atoms with Crippen LogP contribution in [-0.2, 0) is 0 Å². The fourth-order valence-corrected chi connectivity index (χ4v) is 4.15. The molecule has 3 heterocycles. The van der Waals surface area contributed by atoms with E-state index in [1.54, 1.807) is 11.3 Å². The van der Waals surface area contributed by atoms with Crippen LogP contribution in [0.5, 0.6) is 0 Å². The molecule has 0 bridgehead atoms. The SMILES string of the molecule is C=CCSc1nc(Cl)c2sc3nc(C)cc(C)c3c2n1. The average Bonchev–Trinajstić information content (AvgIpc) is 2.75. The molecule has 3 aromatic rings. The van der Waals surface area contributed by atoms with Crippen molar-refractivity contribution in [1.29, 1.82) is 0 Å². The van der Waals surface area contributed by atoms with Gasteiger partial charge in [0, 0.05) is 16.8 Å². The van der Waals surface area contributed by atoms with Crippen LogP contribution in [0.2, 0.25) is 5.15 Å². The first kappa shape index (κ1) is 13.8. The second-order valence-electron chi connectivity index (χ2n) is 4.44. The number of hydrogen-bond donors (Lipinski definition) is 0. The van der Waals surface area contributed by atoms with E-state index in [1.807, 2.05) is 13.0 Å². The van der Waals surface area contributed by atoms with Crippen LogP contribution in [0.1, 0.15) is 11.3 Å². The third-order valence-electron chi connectivity index (χ3n) is 2.88. The van der Waals surface area contributed by atoms with Crippen LogP contribution in [0.25, 0.3) is 20.4 Å². The van der Waals surface area contributed by atoms with Gasteiger partial charge in [-0.1, -0.05) is 29.4 Å². The summed E-state index contributed by atoms with van der Waals surface area (Å²) in [5.41, 5.74) is 3.08. The Balaban J connectivity index is 2.32. The van der Waals surface area contributed by atoms with Gasteiger partial charge in [-0.15, -0.1) is 17.9 Å². The molecule has 0 spiro atoms. The largest absolute Gasteiger partial charge is 0.242 e. The normalized spacial score (nSPS) is 11.3. The number of thiophene rings is 1. The molecule has 0 N–H and O–H groups in total. The molecular weight excluding hydrogens is 310 g/mol. The Labute approximate surface area is 130 Å². The molecule has 0 radical (unpaired) electrons. The highest BCUT2D eigenvalue weighted by atomic mass is 35.5. The van der Waals surface area contributed by atoms with Crippen molar-refractivity contribution in [2.45, 2.75) is 19.0 Å². The highest BCUT2D eigenvalue weighted by molar-refractivity contribution is 7.99. The topological polar surface area (TPSA) is 38.7 Å². The van der Waals surface area contributed by atoms with Gasteiger partial charge in [0.25, 0.3) is 0 Å². The molecule has 0 fully saturated rings. The molecular formula is C14H12ClN3S2. The summed E-state index contributed by atoms with van der Waals surface area (Å²) in [6, 6.07) is 2.07. The zero-order chi connectivity index (χ0) is 14.3. The fraction of sp³-hybridized carbons (Fsp3) is 0.214. The number of hydrogen-bond acceptors (Lipinski definition) is 5. The Hall–Kier alpha value is -1.17. The quantitative estimate of drug-likeness (QED) is 0.301.